The molecule has 0 saturated heterocycles. The molecule has 0 bridgehead atoms. The molecular formula is C19H14ClN5O3. The minimum atomic E-state index is -0.731. The van der Waals surface area contributed by atoms with Gasteiger partial charge in [-0.2, -0.15) is 4.68 Å². The molecule has 9 heteroatoms. The first kappa shape index (κ1) is 17.9. The number of ketones is 1. The van der Waals surface area contributed by atoms with Crippen LogP contribution in [0.5, 0.6) is 0 Å². The van der Waals surface area contributed by atoms with E-state index < -0.39 is 12.0 Å². The zero-order chi connectivity index (χ0) is 19.7. The Morgan fingerprint density at radius 3 is 2.50 bits per heavy atom. The Hall–Kier alpha value is -3.52. The summed E-state index contributed by atoms with van der Waals surface area (Å²) >= 11 is 6.01. The van der Waals surface area contributed by atoms with Gasteiger partial charge in [0.2, 0.25) is 5.95 Å². The summed E-state index contributed by atoms with van der Waals surface area (Å²) in [6, 6.07) is 14.9. The van der Waals surface area contributed by atoms with Crippen molar-refractivity contribution in [1.29, 1.82) is 0 Å². The van der Waals surface area contributed by atoms with Gasteiger partial charge in [-0.1, -0.05) is 59.2 Å². The maximum Gasteiger partial charge on any atom is 0.355 e. The Balaban J connectivity index is 1.95. The Bertz CT molecular complexity index is 1080. The smallest absolute Gasteiger partial charge is 0.355 e. The van der Waals surface area contributed by atoms with Gasteiger partial charge in [0.05, 0.1) is 12.7 Å². The third-order valence-corrected chi connectivity index (χ3v) is 4.62. The van der Waals surface area contributed by atoms with E-state index in [1.807, 2.05) is 6.07 Å². The zero-order valence-corrected chi connectivity index (χ0v) is 15.4. The summed E-state index contributed by atoms with van der Waals surface area (Å²) in [5.74, 6) is -0.799. The number of hydrogen-bond acceptors (Lipinski definition) is 7. The zero-order valence-electron chi connectivity index (χ0n) is 14.7. The van der Waals surface area contributed by atoms with Gasteiger partial charge in [-0.3, -0.25) is 4.79 Å². The van der Waals surface area contributed by atoms with Crippen LogP contribution in [0, 0.1) is 0 Å². The lowest BCUT2D eigenvalue weighted by Gasteiger charge is -2.28. The maximum atomic E-state index is 13.4. The van der Waals surface area contributed by atoms with Crippen molar-refractivity contribution in [3.63, 3.8) is 0 Å². The van der Waals surface area contributed by atoms with Crippen molar-refractivity contribution in [1.82, 2.24) is 20.2 Å². The van der Waals surface area contributed by atoms with Gasteiger partial charge in [0, 0.05) is 10.6 Å². The second-order valence-electron chi connectivity index (χ2n) is 6.00. The predicted octanol–water partition coefficient (Wildman–Crippen LogP) is 2.65. The van der Waals surface area contributed by atoms with Crippen LogP contribution >= 0.6 is 11.6 Å². The summed E-state index contributed by atoms with van der Waals surface area (Å²) < 4.78 is 6.34. The summed E-state index contributed by atoms with van der Waals surface area (Å²) in [4.78, 5) is 25.9. The lowest BCUT2D eigenvalue weighted by molar-refractivity contribution is -0.136. The molecule has 1 aliphatic heterocycles. The molecule has 0 radical (unpaired) electrons. The number of esters is 1. The van der Waals surface area contributed by atoms with Crippen LogP contribution in [0.3, 0.4) is 0 Å². The first-order valence-corrected chi connectivity index (χ1v) is 8.70. The maximum absolute atomic E-state index is 13.4. The molecule has 4 rings (SSSR count). The average molecular weight is 396 g/mol. The monoisotopic (exact) mass is 395 g/mol. The Morgan fingerprint density at radius 2 is 1.82 bits per heavy atom. The number of tetrazole rings is 1. The fraction of sp³-hybridized carbons (Fsp3) is 0.105. The van der Waals surface area contributed by atoms with Crippen LogP contribution in [0.1, 0.15) is 22.0 Å². The van der Waals surface area contributed by atoms with Gasteiger partial charge in [-0.15, -0.1) is 0 Å². The molecular weight excluding hydrogens is 382 g/mol. The van der Waals surface area contributed by atoms with E-state index in [-0.39, 0.29) is 23.0 Å². The molecule has 0 unspecified atom stereocenters. The van der Waals surface area contributed by atoms with Gasteiger partial charge in [-0.25, -0.2) is 4.79 Å². The molecule has 0 spiro atoms. The van der Waals surface area contributed by atoms with E-state index in [9.17, 15) is 9.59 Å². The minimum absolute atomic E-state index is 0.00129. The molecule has 8 nitrogen and oxygen atoms in total. The molecule has 140 valence electrons. The second kappa shape index (κ2) is 7.24. The van der Waals surface area contributed by atoms with Crippen molar-refractivity contribution in [2.75, 3.05) is 12.4 Å². The van der Waals surface area contributed by atoms with Crippen LogP contribution < -0.4 is 5.32 Å². The number of halogens is 1. The highest BCUT2D eigenvalue weighted by atomic mass is 35.5. The fourth-order valence-corrected chi connectivity index (χ4v) is 3.21. The van der Waals surface area contributed by atoms with Crippen molar-refractivity contribution in [3.05, 3.63) is 82.0 Å². The van der Waals surface area contributed by atoms with Crippen molar-refractivity contribution < 1.29 is 14.3 Å². The van der Waals surface area contributed by atoms with Crippen LogP contribution in [0.25, 0.3) is 0 Å². The lowest BCUT2D eigenvalue weighted by atomic mass is 9.89. The van der Waals surface area contributed by atoms with Crippen LogP contribution in [0.2, 0.25) is 5.02 Å². The SMILES string of the molecule is COC(=O)C1=C(C(=O)c2ccccc2)[C@@H](c2ccc(Cl)cc2)n2nnnc2N1. The summed E-state index contributed by atoms with van der Waals surface area (Å²) in [5.41, 5.74) is 1.30. The highest BCUT2D eigenvalue weighted by molar-refractivity contribution is 6.30. The molecule has 28 heavy (non-hydrogen) atoms. The van der Waals surface area contributed by atoms with Crippen LogP contribution in [0.4, 0.5) is 5.95 Å². The second-order valence-corrected chi connectivity index (χ2v) is 6.44. The van der Waals surface area contributed by atoms with Gasteiger partial charge >= 0.3 is 5.97 Å². The first-order chi connectivity index (χ1) is 13.6. The quantitative estimate of drug-likeness (QED) is 0.535. The Morgan fingerprint density at radius 1 is 1.11 bits per heavy atom. The molecule has 1 N–H and O–H groups in total. The summed E-state index contributed by atoms with van der Waals surface area (Å²) in [6.45, 7) is 0. The van der Waals surface area contributed by atoms with E-state index in [0.717, 1.165) is 0 Å². The number of Topliss-reactive ketones (excluding diaryl/α,β-unsaturated/α-hetero) is 1. The number of carbonyl (C=O) groups is 2. The molecule has 0 saturated carbocycles. The van der Waals surface area contributed by atoms with Crippen molar-refractivity contribution in [2.24, 2.45) is 0 Å². The van der Waals surface area contributed by atoms with Gasteiger partial charge in [0.1, 0.15) is 11.7 Å². The number of fused-ring (bicyclic) bond motifs is 1. The van der Waals surface area contributed by atoms with E-state index in [1.165, 1.54) is 11.8 Å². The topological polar surface area (TPSA) is 99.0 Å². The standard InChI is InChI=1S/C19H14ClN5O3/c1-28-18(27)15-14(17(26)12-5-3-2-4-6-12)16(11-7-9-13(20)10-8-11)25-19(21-15)22-23-24-25/h2-10,16H,1H3,(H,21,22,24)/t16-/m1/s1. The van der Waals surface area contributed by atoms with Gasteiger partial charge in [-0.05, 0) is 28.1 Å². The molecule has 2 heterocycles. The molecule has 2 aromatic carbocycles. The molecule has 3 aromatic rings. The number of carbonyl (C=O) groups excluding carboxylic acids is 2. The van der Waals surface area contributed by atoms with Gasteiger partial charge in [0.25, 0.3) is 0 Å². The van der Waals surface area contributed by atoms with E-state index in [0.29, 0.717) is 16.1 Å². The Labute approximate surface area is 164 Å². The third-order valence-electron chi connectivity index (χ3n) is 4.37. The summed E-state index contributed by atoms with van der Waals surface area (Å²) in [6.07, 6.45) is 0. The number of benzene rings is 2. The molecule has 0 aliphatic carbocycles. The van der Waals surface area contributed by atoms with Crippen LogP contribution in [-0.4, -0.2) is 39.1 Å². The van der Waals surface area contributed by atoms with Crippen LogP contribution in [0.15, 0.2) is 65.9 Å². The molecule has 1 aliphatic rings. The number of hydrogen-bond donors (Lipinski definition) is 1. The lowest BCUT2D eigenvalue weighted by Crippen LogP contribution is -2.32. The fourth-order valence-electron chi connectivity index (χ4n) is 3.09. The molecule has 1 atom stereocenters. The molecule has 1 aromatic heterocycles. The Kier molecular flexibility index (Phi) is 4.62. The number of anilines is 1. The number of rotatable bonds is 4. The van der Waals surface area contributed by atoms with Gasteiger partial charge in [0.15, 0.2) is 5.78 Å². The first-order valence-electron chi connectivity index (χ1n) is 8.32. The van der Waals surface area contributed by atoms with E-state index in [4.69, 9.17) is 16.3 Å². The number of allylic oxidation sites excluding steroid dienone is 1. The largest absolute Gasteiger partial charge is 0.464 e. The van der Waals surface area contributed by atoms with E-state index in [2.05, 4.69) is 20.8 Å². The van der Waals surface area contributed by atoms with Crippen molar-refractivity contribution in [2.45, 2.75) is 6.04 Å². The number of nitrogens with one attached hydrogen (secondary N) is 1. The highest BCUT2D eigenvalue weighted by Gasteiger charge is 2.38. The van der Waals surface area contributed by atoms with E-state index >= 15 is 0 Å². The van der Waals surface area contributed by atoms with Crippen molar-refractivity contribution >= 4 is 29.3 Å². The van der Waals surface area contributed by atoms with Gasteiger partial charge < -0.3 is 10.1 Å². The van der Waals surface area contributed by atoms with E-state index in [1.54, 1.807) is 48.5 Å². The minimum Gasteiger partial charge on any atom is -0.464 e. The van der Waals surface area contributed by atoms with Crippen molar-refractivity contribution in [3.8, 4) is 0 Å². The predicted molar refractivity (Wildman–Crippen MR) is 101 cm³/mol. The number of nitrogens with zero attached hydrogens (tertiary/aromatic N) is 4. The number of ether oxygens (including phenoxy) is 1. The molecule has 0 amide bonds. The summed E-state index contributed by atoms with van der Waals surface area (Å²) in [7, 11) is 1.25. The highest BCUT2D eigenvalue weighted by Crippen LogP contribution is 2.36. The normalized spacial score (nSPS) is 15.6. The molecule has 0 fully saturated rings. The summed E-state index contributed by atoms with van der Waals surface area (Å²) in [5, 5.41) is 14.9. The van der Waals surface area contributed by atoms with Crippen LogP contribution in [-0.2, 0) is 9.53 Å². The average Bonchev–Trinajstić information content (AvgIpc) is 3.21. The number of methoxy groups -OCH3 is 1. The number of aromatic nitrogens is 4. The third kappa shape index (κ3) is 3.03.